The quantitative estimate of drug-likeness (QED) is 0.615. The SMILES string of the molecule is CCN(CC)Cc1ccc(C(=O)N2CCC(C(=O)c3ccc(C)cc3C)CC2)cc1. The molecule has 0 aliphatic carbocycles. The van der Waals surface area contributed by atoms with Crippen molar-refractivity contribution in [2.45, 2.75) is 47.1 Å². The second-order valence-corrected chi connectivity index (χ2v) is 8.41. The number of hydrogen-bond acceptors (Lipinski definition) is 3. The van der Waals surface area contributed by atoms with E-state index in [0.29, 0.717) is 13.1 Å². The highest BCUT2D eigenvalue weighted by Gasteiger charge is 2.29. The van der Waals surface area contributed by atoms with Gasteiger partial charge in [0.2, 0.25) is 0 Å². The minimum absolute atomic E-state index is 0.00639. The molecule has 0 N–H and O–H groups in total. The fourth-order valence-corrected chi connectivity index (χ4v) is 4.30. The van der Waals surface area contributed by atoms with Crippen molar-refractivity contribution in [3.05, 3.63) is 70.3 Å². The zero-order chi connectivity index (χ0) is 21.7. The number of benzene rings is 2. The highest BCUT2D eigenvalue weighted by atomic mass is 16.2. The number of ketones is 1. The largest absolute Gasteiger partial charge is 0.339 e. The Morgan fingerprint density at radius 2 is 1.60 bits per heavy atom. The molecule has 4 heteroatoms. The average molecular weight is 407 g/mol. The van der Waals surface area contributed by atoms with Crippen LogP contribution in [0, 0.1) is 19.8 Å². The number of likely N-dealkylation sites (tertiary alicyclic amines) is 1. The van der Waals surface area contributed by atoms with Crippen LogP contribution in [0.25, 0.3) is 0 Å². The van der Waals surface area contributed by atoms with Crippen molar-refractivity contribution in [1.82, 2.24) is 9.80 Å². The summed E-state index contributed by atoms with van der Waals surface area (Å²) < 4.78 is 0. The van der Waals surface area contributed by atoms with Gasteiger partial charge in [-0.25, -0.2) is 0 Å². The summed E-state index contributed by atoms with van der Waals surface area (Å²) in [4.78, 5) is 30.1. The Kier molecular flexibility index (Phi) is 7.43. The Hall–Kier alpha value is -2.46. The van der Waals surface area contributed by atoms with Crippen LogP contribution in [-0.2, 0) is 6.54 Å². The molecule has 1 amide bonds. The van der Waals surface area contributed by atoms with Crippen molar-refractivity contribution in [2.24, 2.45) is 5.92 Å². The third-order valence-corrected chi connectivity index (χ3v) is 6.30. The first-order chi connectivity index (χ1) is 14.4. The van der Waals surface area contributed by atoms with Crippen LogP contribution >= 0.6 is 0 Å². The van der Waals surface area contributed by atoms with Crippen LogP contribution in [0.5, 0.6) is 0 Å². The molecule has 160 valence electrons. The number of hydrogen-bond donors (Lipinski definition) is 0. The highest BCUT2D eigenvalue weighted by molar-refractivity contribution is 5.99. The van der Waals surface area contributed by atoms with Crippen molar-refractivity contribution in [3.63, 3.8) is 0 Å². The summed E-state index contributed by atoms with van der Waals surface area (Å²) in [6.45, 7) is 12.6. The van der Waals surface area contributed by atoms with E-state index in [2.05, 4.69) is 36.9 Å². The lowest BCUT2D eigenvalue weighted by atomic mass is 9.87. The summed E-state index contributed by atoms with van der Waals surface area (Å²) in [6, 6.07) is 14.0. The maximum absolute atomic E-state index is 12.9. The molecular weight excluding hydrogens is 372 g/mol. The molecular formula is C26H34N2O2. The zero-order valence-electron chi connectivity index (χ0n) is 18.8. The van der Waals surface area contributed by atoms with Gasteiger partial charge in [-0.05, 0) is 63.0 Å². The molecule has 1 saturated heterocycles. The average Bonchev–Trinajstić information content (AvgIpc) is 2.77. The van der Waals surface area contributed by atoms with Gasteiger partial charge in [-0.15, -0.1) is 0 Å². The van der Waals surface area contributed by atoms with Crippen molar-refractivity contribution in [2.75, 3.05) is 26.2 Å². The maximum Gasteiger partial charge on any atom is 0.253 e. The van der Waals surface area contributed by atoms with Gasteiger partial charge in [0.25, 0.3) is 5.91 Å². The molecule has 0 spiro atoms. The molecule has 0 saturated carbocycles. The first-order valence-electron chi connectivity index (χ1n) is 11.1. The van der Waals surface area contributed by atoms with Crippen LogP contribution in [0.3, 0.4) is 0 Å². The first kappa shape index (κ1) is 22.2. The predicted octanol–water partition coefficient (Wildman–Crippen LogP) is 4.88. The van der Waals surface area contributed by atoms with Crippen molar-refractivity contribution < 1.29 is 9.59 Å². The number of piperidine rings is 1. The summed E-state index contributed by atoms with van der Waals surface area (Å²) in [5.74, 6) is 0.300. The van der Waals surface area contributed by atoms with Crippen LogP contribution in [0.15, 0.2) is 42.5 Å². The number of Topliss-reactive ketones (excluding diaryl/α,β-unsaturated/α-hetero) is 1. The second kappa shape index (κ2) is 10.0. The Bertz CT molecular complexity index is 876. The van der Waals surface area contributed by atoms with Crippen LogP contribution < -0.4 is 0 Å². The lowest BCUT2D eigenvalue weighted by Gasteiger charge is -2.31. The van der Waals surface area contributed by atoms with Crippen LogP contribution in [0.2, 0.25) is 0 Å². The van der Waals surface area contributed by atoms with E-state index in [1.807, 2.05) is 43.0 Å². The fraction of sp³-hybridized carbons (Fsp3) is 0.462. The van der Waals surface area contributed by atoms with Crippen molar-refractivity contribution in [1.29, 1.82) is 0 Å². The summed E-state index contributed by atoms with van der Waals surface area (Å²) >= 11 is 0. The van der Waals surface area contributed by atoms with Gasteiger partial charge in [0.15, 0.2) is 5.78 Å². The highest BCUT2D eigenvalue weighted by Crippen LogP contribution is 2.25. The van der Waals surface area contributed by atoms with Gasteiger partial charge in [-0.1, -0.05) is 49.7 Å². The molecule has 0 atom stereocenters. The molecule has 1 heterocycles. The molecule has 2 aromatic carbocycles. The van der Waals surface area contributed by atoms with E-state index >= 15 is 0 Å². The van der Waals surface area contributed by atoms with E-state index in [4.69, 9.17) is 0 Å². The van der Waals surface area contributed by atoms with Gasteiger partial charge >= 0.3 is 0 Å². The number of carbonyl (C=O) groups is 2. The van der Waals surface area contributed by atoms with E-state index in [-0.39, 0.29) is 17.6 Å². The Balaban J connectivity index is 1.58. The minimum atomic E-state index is 0.00639. The van der Waals surface area contributed by atoms with Crippen LogP contribution in [0.4, 0.5) is 0 Å². The molecule has 3 rings (SSSR count). The second-order valence-electron chi connectivity index (χ2n) is 8.41. The Morgan fingerprint density at radius 3 is 2.17 bits per heavy atom. The molecule has 0 unspecified atom stereocenters. The Morgan fingerprint density at radius 1 is 0.967 bits per heavy atom. The monoisotopic (exact) mass is 406 g/mol. The molecule has 1 aliphatic rings. The molecule has 2 aromatic rings. The van der Waals surface area contributed by atoms with Gasteiger partial charge in [0, 0.05) is 36.7 Å². The van der Waals surface area contributed by atoms with E-state index in [1.54, 1.807) is 0 Å². The summed E-state index contributed by atoms with van der Waals surface area (Å²) in [5, 5.41) is 0. The number of aryl methyl sites for hydroxylation is 2. The van der Waals surface area contributed by atoms with Gasteiger partial charge in [0.05, 0.1) is 0 Å². The summed E-state index contributed by atoms with van der Waals surface area (Å²) in [6.07, 6.45) is 1.47. The van der Waals surface area contributed by atoms with Crippen LogP contribution in [-0.4, -0.2) is 47.7 Å². The van der Waals surface area contributed by atoms with Crippen molar-refractivity contribution >= 4 is 11.7 Å². The third kappa shape index (κ3) is 5.17. The fourth-order valence-electron chi connectivity index (χ4n) is 4.30. The maximum atomic E-state index is 12.9. The lowest BCUT2D eigenvalue weighted by molar-refractivity contribution is 0.0650. The molecule has 1 fully saturated rings. The zero-order valence-corrected chi connectivity index (χ0v) is 18.8. The normalized spacial score (nSPS) is 14.9. The predicted molar refractivity (Wildman–Crippen MR) is 122 cm³/mol. The van der Waals surface area contributed by atoms with E-state index in [0.717, 1.165) is 49.2 Å². The number of nitrogens with zero attached hydrogens (tertiary/aromatic N) is 2. The summed E-state index contributed by atoms with van der Waals surface area (Å²) in [5.41, 5.74) is 5.01. The molecule has 0 bridgehead atoms. The van der Waals surface area contributed by atoms with Crippen molar-refractivity contribution in [3.8, 4) is 0 Å². The molecule has 30 heavy (non-hydrogen) atoms. The van der Waals surface area contributed by atoms with E-state index in [1.165, 1.54) is 11.1 Å². The number of carbonyl (C=O) groups excluding carboxylic acids is 2. The van der Waals surface area contributed by atoms with Gasteiger partial charge in [-0.2, -0.15) is 0 Å². The van der Waals surface area contributed by atoms with E-state index < -0.39 is 0 Å². The van der Waals surface area contributed by atoms with E-state index in [9.17, 15) is 9.59 Å². The third-order valence-electron chi connectivity index (χ3n) is 6.30. The molecule has 1 aliphatic heterocycles. The number of rotatable bonds is 7. The molecule has 0 radical (unpaired) electrons. The minimum Gasteiger partial charge on any atom is -0.339 e. The first-order valence-corrected chi connectivity index (χ1v) is 11.1. The van der Waals surface area contributed by atoms with Crippen LogP contribution in [0.1, 0.15) is 64.1 Å². The summed E-state index contributed by atoms with van der Waals surface area (Å²) in [7, 11) is 0. The standard InChI is InChI=1S/C26H34N2O2/c1-5-27(6-2)18-21-8-10-23(11-9-21)26(30)28-15-13-22(14-16-28)25(29)24-12-7-19(3)17-20(24)4/h7-12,17,22H,5-6,13-16,18H2,1-4H3. The number of amides is 1. The van der Waals surface area contributed by atoms with Gasteiger partial charge in [-0.3, -0.25) is 14.5 Å². The topological polar surface area (TPSA) is 40.6 Å². The molecule has 0 aromatic heterocycles. The van der Waals surface area contributed by atoms with Gasteiger partial charge in [0.1, 0.15) is 0 Å². The lowest BCUT2D eigenvalue weighted by Crippen LogP contribution is -2.40. The molecule has 4 nitrogen and oxygen atoms in total. The smallest absolute Gasteiger partial charge is 0.253 e. The van der Waals surface area contributed by atoms with Gasteiger partial charge < -0.3 is 4.90 Å². The Labute approximate surface area is 180 Å².